The van der Waals surface area contributed by atoms with Crippen LogP contribution in [0.4, 0.5) is 0 Å². The zero-order valence-corrected chi connectivity index (χ0v) is 27.0. The van der Waals surface area contributed by atoms with Crippen molar-refractivity contribution in [1.29, 1.82) is 0 Å². The quantitative estimate of drug-likeness (QED) is 0.174. The number of para-hydroxylation sites is 5. The maximum atomic E-state index is 6.81. The van der Waals surface area contributed by atoms with E-state index in [0.29, 0.717) is 17.5 Å². The van der Waals surface area contributed by atoms with E-state index in [1.54, 1.807) is 0 Å². The molecule has 7 aromatic carbocycles. The molecule has 0 spiro atoms. The first-order valence-corrected chi connectivity index (χ1v) is 16.6. The highest BCUT2D eigenvalue weighted by molar-refractivity contribution is 6.09. The first kappa shape index (κ1) is 29.3. The molecule has 0 saturated carbocycles. The third kappa shape index (κ3) is 5.37. The molecule has 9 aromatic rings. The van der Waals surface area contributed by atoms with Crippen LogP contribution in [0.2, 0.25) is 0 Å². The molecule has 0 fully saturated rings. The average molecular weight is 643 g/mol. The summed E-state index contributed by atoms with van der Waals surface area (Å²) in [6, 6.07) is 61.8. The van der Waals surface area contributed by atoms with Gasteiger partial charge in [0.25, 0.3) is 0 Å². The normalized spacial score (nSPS) is 11.2. The molecular formula is C45H30N4O. The Morgan fingerprint density at radius 1 is 0.340 bits per heavy atom. The van der Waals surface area contributed by atoms with E-state index in [1.165, 1.54) is 10.8 Å². The van der Waals surface area contributed by atoms with Gasteiger partial charge in [0.2, 0.25) is 0 Å². The highest BCUT2D eigenvalue weighted by atomic mass is 16.5. The summed E-state index contributed by atoms with van der Waals surface area (Å²) >= 11 is 0. The van der Waals surface area contributed by atoms with Crippen LogP contribution in [-0.4, -0.2) is 19.5 Å². The van der Waals surface area contributed by atoms with Gasteiger partial charge in [-0.05, 0) is 35.9 Å². The van der Waals surface area contributed by atoms with Gasteiger partial charge in [-0.25, -0.2) is 15.0 Å². The Morgan fingerprint density at radius 3 is 1.34 bits per heavy atom. The number of hydrogen-bond acceptors (Lipinski definition) is 4. The smallest absolute Gasteiger partial charge is 0.164 e. The van der Waals surface area contributed by atoms with Gasteiger partial charge in [0, 0.05) is 33.0 Å². The molecule has 0 amide bonds. The van der Waals surface area contributed by atoms with Crippen molar-refractivity contribution in [1.82, 2.24) is 19.5 Å². The Balaban J connectivity index is 1.09. The molecular weight excluding hydrogens is 613 g/mol. The van der Waals surface area contributed by atoms with Gasteiger partial charge in [-0.15, -0.1) is 0 Å². The van der Waals surface area contributed by atoms with Gasteiger partial charge in [0.15, 0.2) is 23.2 Å². The van der Waals surface area contributed by atoms with Crippen molar-refractivity contribution in [2.75, 3.05) is 0 Å². The summed E-state index contributed by atoms with van der Waals surface area (Å²) in [5.41, 5.74) is 8.06. The van der Waals surface area contributed by atoms with Gasteiger partial charge in [-0.3, -0.25) is 0 Å². The van der Waals surface area contributed by atoms with E-state index in [2.05, 4.69) is 95.6 Å². The molecule has 2 heterocycles. The lowest BCUT2D eigenvalue weighted by Gasteiger charge is -2.16. The average Bonchev–Trinajstić information content (AvgIpc) is 3.53. The number of aromatic nitrogens is 4. The molecule has 9 rings (SSSR count). The van der Waals surface area contributed by atoms with Gasteiger partial charge >= 0.3 is 0 Å². The Kier molecular flexibility index (Phi) is 7.41. The Hall–Kier alpha value is -6.85. The third-order valence-corrected chi connectivity index (χ3v) is 8.95. The van der Waals surface area contributed by atoms with E-state index in [0.717, 1.165) is 56.0 Å². The summed E-state index contributed by atoms with van der Waals surface area (Å²) < 4.78 is 9.10. The Labute approximate surface area is 289 Å². The second-order valence-electron chi connectivity index (χ2n) is 12.1. The van der Waals surface area contributed by atoms with E-state index in [-0.39, 0.29) is 0 Å². The first-order chi connectivity index (χ1) is 24.8. The second-order valence-corrected chi connectivity index (χ2v) is 12.1. The molecule has 0 atom stereocenters. The number of hydrogen-bond donors (Lipinski definition) is 0. The summed E-state index contributed by atoms with van der Waals surface area (Å²) in [5.74, 6) is 3.44. The van der Waals surface area contributed by atoms with Gasteiger partial charge < -0.3 is 9.30 Å². The van der Waals surface area contributed by atoms with Crippen molar-refractivity contribution in [2.24, 2.45) is 0 Å². The molecule has 0 aliphatic heterocycles. The maximum absolute atomic E-state index is 6.81. The lowest BCUT2D eigenvalue weighted by atomic mass is 10.0. The fourth-order valence-electron chi connectivity index (χ4n) is 6.56. The molecule has 0 N–H and O–H groups in total. The minimum Gasteiger partial charge on any atom is -0.455 e. The largest absolute Gasteiger partial charge is 0.455 e. The fraction of sp³-hybridized carbons (Fsp3) is 0. The summed E-state index contributed by atoms with van der Waals surface area (Å²) in [6.07, 6.45) is 0. The first-order valence-electron chi connectivity index (χ1n) is 16.6. The number of rotatable bonds is 7. The number of fused-ring (bicyclic) bond motifs is 3. The molecule has 236 valence electrons. The van der Waals surface area contributed by atoms with Crippen LogP contribution in [0.5, 0.6) is 11.5 Å². The van der Waals surface area contributed by atoms with Crippen molar-refractivity contribution in [3.63, 3.8) is 0 Å². The SMILES string of the molecule is c1ccc(-c2nc(-c3ccccc3)nc(-c3ccc(-c4ccccc4Oc4ccccc4-n4c5ccccc5c5ccccc54)cc3)n2)cc1. The zero-order chi connectivity index (χ0) is 33.3. The van der Waals surface area contributed by atoms with Crippen LogP contribution >= 0.6 is 0 Å². The molecule has 50 heavy (non-hydrogen) atoms. The van der Waals surface area contributed by atoms with Crippen molar-refractivity contribution < 1.29 is 4.74 Å². The summed E-state index contributed by atoms with van der Waals surface area (Å²) in [6.45, 7) is 0. The molecule has 0 aliphatic rings. The summed E-state index contributed by atoms with van der Waals surface area (Å²) in [5, 5.41) is 2.42. The molecule has 2 aromatic heterocycles. The van der Waals surface area contributed by atoms with Crippen LogP contribution in [-0.2, 0) is 0 Å². The summed E-state index contributed by atoms with van der Waals surface area (Å²) in [7, 11) is 0. The van der Waals surface area contributed by atoms with Crippen molar-refractivity contribution in [2.45, 2.75) is 0 Å². The fourth-order valence-corrected chi connectivity index (χ4v) is 6.56. The Morgan fingerprint density at radius 2 is 0.760 bits per heavy atom. The van der Waals surface area contributed by atoms with Crippen LogP contribution < -0.4 is 4.74 Å². The second kappa shape index (κ2) is 12.6. The van der Waals surface area contributed by atoms with E-state index in [1.807, 2.05) is 91.0 Å². The predicted molar refractivity (Wildman–Crippen MR) is 202 cm³/mol. The number of ether oxygens (including phenoxy) is 1. The van der Waals surface area contributed by atoms with E-state index >= 15 is 0 Å². The molecule has 0 aliphatic carbocycles. The van der Waals surface area contributed by atoms with Crippen LogP contribution in [0.15, 0.2) is 182 Å². The van der Waals surface area contributed by atoms with Crippen molar-refractivity contribution >= 4 is 21.8 Å². The number of nitrogens with zero attached hydrogens (tertiary/aromatic N) is 4. The number of benzene rings is 7. The lowest BCUT2D eigenvalue weighted by Crippen LogP contribution is -2.00. The minimum absolute atomic E-state index is 0.619. The van der Waals surface area contributed by atoms with Crippen LogP contribution in [0.25, 0.3) is 72.8 Å². The topological polar surface area (TPSA) is 52.8 Å². The van der Waals surface area contributed by atoms with Crippen molar-refractivity contribution in [3.8, 4) is 62.5 Å². The molecule has 0 unspecified atom stereocenters. The molecule has 5 nitrogen and oxygen atoms in total. The molecule has 0 radical (unpaired) electrons. The maximum Gasteiger partial charge on any atom is 0.164 e. The van der Waals surface area contributed by atoms with Gasteiger partial charge in [0.1, 0.15) is 5.75 Å². The monoisotopic (exact) mass is 642 g/mol. The lowest BCUT2D eigenvalue weighted by molar-refractivity contribution is 0.482. The van der Waals surface area contributed by atoms with Crippen LogP contribution in [0.3, 0.4) is 0 Å². The highest BCUT2D eigenvalue weighted by Crippen LogP contribution is 2.39. The Bertz CT molecular complexity index is 2500. The molecule has 0 saturated heterocycles. The van der Waals surface area contributed by atoms with Gasteiger partial charge in [-0.2, -0.15) is 0 Å². The van der Waals surface area contributed by atoms with Crippen LogP contribution in [0.1, 0.15) is 0 Å². The van der Waals surface area contributed by atoms with Gasteiger partial charge in [0.05, 0.1) is 16.7 Å². The third-order valence-electron chi connectivity index (χ3n) is 8.95. The minimum atomic E-state index is 0.619. The predicted octanol–water partition coefficient (Wildman–Crippen LogP) is 11.4. The highest BCUT2D eigenvalue weighted by Gasteiger charge is 2.17. The van der Waals surface area contributed by atoms with E-state index < -0.39 is 0 Å². The molecule has 5 heteroatoms. The van der Waals surface area contributed by atoms with E-state index in [9.17, 15) is 0 Å². The van der Waals surface area contributed by atoms with Gasteiger partial charge in [-0.1, -0.05) is 152 Å². The molecule has 0 bridgehead atoms. The zero-order valence-electron chi connectivity index (χ0n) is 27.0. The van der Waals surface area contributed by atoms with Crippen molar-refractivity contribution in [3.05, 3.63) is 182 Å². The van der Waals surface area contributed by atoms with Crippen LogP contribution in [0, 0.1) is 0 Å². The summed E-state index contributed by atoms with van der Waals surface area (Å²) in [4.78, 5) is 14.6. The standard InChI is InChI=1S/C45H30N4O/c1-3-15-32(16-4-1)43-46-44(33-17-5-2-6-18-33)48-45(47-43)34-29-27-31(28-30-34)35-19-9-13-25-41(35)50-42-26-14-12-24-40(42)49-38-22-10-7-20-36(38)37-21-8-11-23-39(37)49/h1-30H. The van der Waals surface area contributed by atoms with E-state index in [4.69, 9.17) is 19.7 Å².